The highest BCUT2D eigenvalue weighted by Gasteiger charge is 2.19. The van der Waals surface area contributed by atoms with Crippen LogP contribution in [0.5, 0.6) is 5.75 Å². The summed E-state index contributed by atoms with van der Waals surface area (Å²) in [6, 6.07) is 16.8. The van der Waals surface area contributed by atoms with Gasteiger partial charge in [-0.15, -0.1) is 0 Å². The highest BCUT2D eigenvalue weighted by molar-refractivity contribution is 6.30. The zero-order valence-corrected chi connectivity index (χ0v) is 17.5. The third-order valence-electron chi connectivity index (χ3n) is 4.91. The molecule has 0 aliphatic carbocycles. The molecular formula is C24H19ClFN3O2. The molecule has 5 nitrogen and oxygen atoms in total. The highest BCUT2D eigenvalue weighted by Crippen LogP contribution is 2.26. The van der Waals surface area contributed by atoms with E-state index < -0.39 is 0 Å². The molecule has 2 aromatic heterocycles. The summed E-state index contributed by atoms with van der Waals surface area (Å²) in [5.74, 6) is 0.193. The van der Waals surface area contributed by atoms with E-state index in [2.05, 4.69) is 9.97 Å². The zero-order valence-electron chi connectivity index (χ0n) is 16.8. The van der Waals surface area contributed by atoms with E-state index in [4.69, 9.17) is 16.3 Å². The van der Waals surface area contributed by atoms with Crippen LogP contribution in [0, 0.1) is 5.82 Å². The third-order valence-corrected chi connectivity index (χ3v) is 5.24. The van der Waals surface area contributed by atoms with Crippen LogP contribution in [0.4, 0.5) is 4.39 Å². The van der Waals surface area contributed by atoms with Gasteiger partial charge >= 0.3 is 0 Å². The number of aromatic nitrogens is 2. The van der Waals surface area contributed by atoms with Crippen molar-refractivity contribution in [3.63, 3.8) is 0 Å². The Kier molecular flexibility index (Phi) is 6.09. The number of ether oxygens (including phenoxy) is 1. The first kappa shape index (κ1) is 20.8. The van der Waals surface area contributed by atoms with Crippen molar-refractivity contribution in [2.45, 2.75) is 13.1 Å². The molecule has 2 aromatic carbocycles. The van der Waals surface area contributed by atoms with Crippen LogP contribution in [-0.4, -0.2) is 27.9 Å². The van der Waals surface area contributed by atoms with E-state index in [9.17, 15) is 9.18 Å². The summed E-state index contributed by atoms with van der Waals surface area (Å²) < 4.78 is 18.6. The Balaban J connectivity index is 1.70. The lowest BCUT2D eigenvalue weighted by atomic mass is 10.1. The molecule has 31 heavy (non-hydrogen) atoms. The van der Waals surface area contributed by atoms with Gasteiger partial charge in [0.25, 0.3) is 5.91 Å². The van der Waals surface area contributed by atoms with Crippen LogP contribution in [0.3, 0.4) is 0 Å². The smallest absolute Gasteiger partial charge is 0.254 e. The number of benzene rings is 2. The van der Waals surface area contributed by atoms with E-state index in [1.807, 2.05) is 24.3 Å². The van der Waals surface area contributed by atoms with Gasteiger partial charge < -0.3 is 9.64 Å². The molecule has 0 aliphatic heterocycles. The van der Waals surface area contributed by atoms with Gasteiger partial charge in [0.15, 0.2) is 0 Å². The lowest BCUT2D eigenvalue weighted by Gasteiger charge is -2.24. The van der Waals surface area contributed by atoms with Crippen molar-refractivity contribution >= 4 is 28.4 Å². The fourth-order valence-electron chi connectivity index (χ4n) is 3.31. The lowest BCUT2D eigenvalue weighted by Crippen LogP contribution is -2.30. The van der Waals surface area contributed by atoms with Gasteiger partial charge in [-0.2, -0.15) is 0 Å². The minimum absolute atomic E-state index is 0.187. The molecular weight excluding hydrogens is 417 g/mol. The molecule has 0 saturated heterocycles. The molecule has 156 valence electrons. The van der Waals surface area contributed by atoms with Crippen molar-refractivity contribution in [3.05, 3.63) is 101 Å². The number of amides is 1. The zero-order chi connectivity index (χ0) is 21.8. The third kappa shape index (κ3) is 4.81. The minimum Gasteiger partial charge on any atom is -0.497 e. The number of carbonyl (C=O) groups excluding carboxylic acids is 1. The monoisotopic (exact) mass is 435 g/mol. The SMILES string of the molecule is COc1ccc2nc(Cl)c(CN(Cc3ccc(F)cc3)C(=O)c3ccncc3)cc2c1. The predicted octanol–water partition coefficient (Wildman–Crippen LogP) is 5.27. The van der Waals surface area contributed by atoms with Crippen molar-refractivity contribution in [3.8, 4) is 5.75 Å². The summed E-state index contributed by atoms with van der Waals surface area (Å²) in [6.07, 6.45) is 3.14. The fourth-order valence-corrected chi connectivity index (χ4v) is 3.51. The van der Waals surface area contributed by atoms with Crippen LogP contribution in [0.2, 0.25) is 5.15 Å². The van der Waals surface area contributed by atoms with E-state index in [0.717, 1.165) is 16.5 Å². The number of carbonyl (C=O) groups is 1. The van der Waals surface area contributed by atoms with Gasteiger partial charge in [-0.1, -0.05) is 23.7 Å². The van der Waals surface area contributed by atoms with Gasteiger partial charge in [0.1, 0.15) is 16.7 Å². The summed E-state index contributed by atoms with van der Waals surface area (Å²) in [7, 11) is 1.60. The van der Waals surface area contributed by atoms with Crippen LogP contribution in [0.15, 0.2) is 73.1 Å². The molecule has 0 saturated carbocycles. The van der Waals surface area contributed by atoms with Crippen LogP contribution in [-0.2, 0) is 13.1 Å². The maximum absolute atomic E-state index is 13.3. The number of methoxy groups -OCH3 is 1. The van der Waals surface area contributed by atoms with Crippen LogP contribution in [0.1, 0.15) is 21.5 Å². The maximum Gasteiger partial charge on any atom is 0.254 e. The Bertz CT molecular complexity index is 1220. The number of rotatable bonds is 6. The molecule has 0 radical (unpaired) electrons. The van der Waals surface area contributed by atoms with Crippen molar-refractivity contribution in [2.24, 2.45) is 0 Å². The van der Waals surface area contributed by atoms with Gasteiger partial charge in [-0.25, -0.2) is 9.37 Å². The molecule has 0 atom stereocenters. The number of pyridine rings is 2. The van der Waals surface area contributed by atoms with Gasteiger partial charge in [0, 0.05) is 42.0 Å². The van der Waals surface area contributed by atoms with E-state index >= 15 is 0 Å². The molecule has 0 N–H and O–H groups in total. The molecule has 0 unspecified atom stereocenters. The molecule has 0 aliphatic rings. The predicted molar refractivity (Wildman–Crippen MR) is 118 cm³/mol. The molecule has 7 heteroatoms. The molecule has 4 rings (SSSR count). The van der Waals surface area contributed by atoms with Gasteiger partial charge in [0.05, 0.1) is 12.6 Å². The number of nitrogens with zero attached hydrogens (tertiary/aromatic N) is 3. The maximum atomic E-state index is 13.3. The van der Waals surface area contributed by atoms with E-state index in [1.165, 1.54) is 12.1 Å². The molecule has 0 fully saturated rings. The molecule has 0 spiro atoms. The highest BCUT2D eigenvalue weighted by atomic mass is 35.5. The fraction of sp³-hybridized carbons (Fsp3) is 0.125. The second-order valence-electron chi connectivity index (χ2n) is 7.02. The van der Waals surface area contributed by atoms with E-state index in [-0.39, 0.29) is 24.8 Å². The largest absolute Gasteiger partial charge is 0.497 e. The summed E-state index contributed by atoms with van der Waals surface area (Å²) in [6.45, 7) is 0.519. The van der Waals surface area contributed by atoms with Crippen LogP contribution < -0.4 is 4.74 Å². The van der Waals surface area contributed by atoms with Crippen molar-refractivity contribution in [1.29, 1.82) is 0 Å². The summed E-state index contributed by atoms with van der Waals surface area (Å²) >= 11 is 6.46. The van der Waals surface area contributed by atoms with Crippen LogP contribution in [0.25, 0.3) is 10.9 Å². The second-order valence-corrected chi connectivity index (χ2v) is 7.38. The first-order valence-corrected chi connectivity index (χ1v) is 9.98. The van der Waals surface area contributed by atoms with Crippen molar-refractivity contribution in [1.82, 2.24) is 14.9 Å². The Labute approximate surface area is 184 Å². The Morgan fingerprint density at radius 2 is 1.77 bits per heavy atom. The first-order valence-electron chi connectivity index (χ1n) is 9.60. The van der Waals surface area contributed by atoms with E-state index in [0.29, 0.717) is 22.0 Å². The standard InChI is InChI=1S/C24H19ClFN3O2/c1-31-21-6-7-22-18(13-21)12-19(23(25)28-22)15-29(14-16-2-4-20(26)5-3-16)24(30)17-8-10-27-11-9-17/h2-13H,14-15H2,1H3. The number of hydrogen-bond acceptors (Lipinski definition) is 4. The van der Waals surface area contributed by atoms with Gasteiger partial charge in [-0.3, -0.25) is 9.78 Å². The van der Waals surface area contributed by atoms with Gasteiger partial charge in [0.2, 0.25) is 0 Å². The molecule has 4 aromatic rings. The van der Waals surface area contributed by atoms with Crippen LogP contribution >= 0.6 is 11.6 Å². The number of fused-ring (bicyclic) bond motifs is 1. The lowest BCUT2D eigenvalue weighted by molar-refractivity contribution is 0.0730. The summed E-state index contributed by atoms with van der Waals surface area (Å²) in [4.78, 5) is 23.3. The Morgan fingerprint density at radius 1 is 1.03 bits per heavy atom. The molecule has 1 amide bonds. The summed E-state index contributed by atoms with van der Waals surface area (Å²) in [5.41, 5.74) is 2.74. The normalized spacial score (nSPS) is 10.8. The van der Waals surface area contributed by atoms with E-state index in [1.54, 1.807) is 48.7 Å². The average Bonchev–Trinajstić information content (AvgIpc) is 2.80. The second kappa shape index (κ2) is 9.10. The van der Waals surface area contributed by atoms with Crippen molar-refractivity contribution < 1.29 is 13.9 Å². The van der Waals surface area contributed by atoms with Gasteiger partial charge in [-0.05, 0) is 54.1 Å². The minimum atomic E-state index is -0.327. The Hall–Kier alpha value is -3.51. The quantitative estimate of drug-likeness (QED) is 0.387. The topological polar surface area (TPSA) is 55.3 Å². The number of halogens is 2. The number of hydrogen-bond donors (Lipinski definition) is 0. The molecule has 2 heterocycles. The molecule has 0 bridgehead atoms. The van der Waals surface area contributed by atoms with Crippen molar-refractivity contribution in [2.75, 3.05) is 7.11 Å². The Morgan fingerprint density at radius 3 is 2.48 bits per heavy atom. The summed E-state index contributed by atoms with van der Waals surface area (Å²) in [5, 5.41) is 1.18. The average molecular weight is 436 g/mol. The first-order chi connectivity index (χ1) is 15.0.